The largest absolute Gasteiger partial charge is 0.507 e. The summed E-state index contributed by atoms with van der Waals surface area (Å²) in [5.41, 5.74) is 1.30. The molecule has 0 unspecified atom stereocenters. The predicted molar refractivity (Wildman–Crippen MR) is 128 cm³/mol. The van der Waals surface area contributed by atoms with Crippen LogP contribution in [0, 0.1) is 6.92 Å². The van der Waals surface area contributed by atoms with Crippen molar-refractivity contribution in [1.82, 2.24) is 19.1 Å². The molecule has 4 rings (SSSR count). The third kappa shape index (κ3) is 4.30. The van der Waals surface area contributed by atoms with E-state index < -0.39 is 32.1 Å². The second kappa shape index (κ2) is 8.98. The minimum absolute atomic E-state index is 0.00509. The standard InChI is InChI=1S/C23H21ClN4O5S/c1-14-6-3-4-9-18(14)28-22(25-26-23(28)31)17-11-21(20(30)12-19(17)29)34(32,33)27(2)13-15-7-5-8-16(24)10-15/h3-12,29-30H,13H2,1-2H3,(H,26,31). The van der Waals surface area contributed by atoms with Crippen molar-refractivity contribution in [2.24, 2.45) is 0 Å². The van der Waals surface area contributed by atoms with E-state index in [1.165, 1.54) is 11.6 Å². The number of phenolic OH excluding ortho intramolecular Hbond substituents is 2. The molecule has 0 saturated carbocycles. The highest BCUT2D eigenvalue weighted by atomic mass is 35.5. The summed E-state index contributed by atoms with van der Waals surface area (Å²) in [7, 11) is -2.84. The van der Waals surface area contributed by atoms with Gasteiger partial charge in [-0.25, -0.2) is 22.9 Å². The molecule has 0 saturated heterocycles. The van der Waals surface area contributed by atoms with Gasteiger partial charge in [0.1, 0.15) is 16.4 Å². The number of sulfonamides is 1. The minimum Gasteiger partial charge on any atom is -0.507 e. The van der Waals surface area contributed by atoms with Crippen LogP contribution in [-0.4, -0.2) is 44.7 Å². The lowest BCUT2D eigenvalue weighted by Crippen LogP contribution is -2.26. The third-order valence-corrected chi connectivity index (χ3v) is 7.40. The Kier molecular flexibility index (Phi) is 6.22. The smallest absolute Gasteiger partial charge is 0.348 e. The second-order valence-electron chi connectivity index (χ2n) is 7.70. The number of aryl methyl sites for hydroxylation is 1. The van der Waals surface area contributed by atoms with Gasteiger partial charge in [0.2, 0.25) is 10.0 Å². The first kappa shape index (κ1) is 23.6. The van der Waals surface area contributed by atoms with Crippen LogP contribution in [0.15, 0.2) is 70.4 Å². The van der Waals surface area contributed by atoms with Crippen molar-refractivity contribution in [3.05, 3.63) is 87.3 Å². The van der Waals surface area contributed by atoms with Gasteiger partial charge in [-0.05, 0) is 42.3 Å². The molecule has 0 aliphatic carbocycles. The molecule has 3 N–H and O–H groups in total. The maximum absolute atomic E-state index is 13.3. The molecule has 4 aromatic rings. The Balaban J connectivity index is 1.82. The molecule has 0 spiro atoms. The Bertz CT molecular complexity index is 1550. The van der Waals surface area contributed by atoms with Crippen LogP contribution in [0.2, 0.25) is 5.02 Å². The Hall–Kier alpha value is -3.60. The van der Waals surface area contributed by atoms with Gasteiger partial charge in [-0.2, -0.15) is 9.40 Å². The lowest BCUT2D eigenvalue weighted by atomic mass is 10.1. The molecule has 0 aliphatic heterocycles. The van der Waals surface area contributed by atoms with Gasteiger partial charge in [0, 0.05) is 24.7 Å². The fraction of sp³-hybridized carbons (Fsp3) is 0.130. The van der Waals surface area contributed by atoms with Crippen LogP contribution in [0.25, 0.3) is 17.1 Å². The van der Waals surface area contributed by atoms with Crippen molar-refractivity contribution in [2.75, 3.05) is 7.05 Å². The summed E-state index contributed by atoms with van der Waals surface area (Å²) in [5.74, 6) is -1.09. The zero-order valence-corrected chi connectivity index (χ0v) is 19.8. The zero-order chi connectivity index (χ0) is 24.6. The number of para-hydroxylation sites is 1. The molecule has 0 amide bonds. The molecule has 11 heteroatoms. The number of phenols is 2. The molecule has 1 aromatic heterocycles. The number of aromatic hydroxyl groups is 2. The number of benzene rings is 3. The zero-order valence-electron chi connectivity index (χ0n) is 18.2. The number of hydrogen-bond donors (Lipinski definition) is 3. The number of H-pyrrole nitrogens is 1. The molecular weight excluding hydrogens is 480 g/mol. The topological polar surface area (TPSA) is 129 Å². The Morgan fingerprint density at radius 1 is 1.06 bits per heavy atom. The second-order valence-corrected chi connectivity index (χ2v) is 10.2. The molecule has 9 nitrogen and oxygen atoms in total. The molecule has 3 aromatic carbocycles. The van der Waals surface area contributed by atoms with Crippen molar-refractivity contribution >= 4 is 21.6 Å². The average molecular weight is 501 g/mol. The van der Waals surface area contributed by atoms with Crippen molar-refractivity contribution in [3.63, 3.8) is 0 Å². The minimum atomic E-state index is -4.20. The van der Waals surface area contributed by atoms with Gasteiger partial charge in [0.15, 0.2) is 5.82 Å². The van der Waals surface area contributed by atoms with Crippen LogP contribution < -0.4 is 5.69 Å². The highest BCUT2D eigenvalue weighted by Gasteiger charge is 2.28. The Morgan fingerprint density at radius 2 is 1.79 bits per heavy atom. The summed E-state index contributed by atoms with van der Waals surface area (Å²) >= 11 is 6.00. The molecular formula is C23H21ClN4O5S. The molecule has 1 heterocycles. The van der Waals surface area contributed by atoms with E-state index in [4.69, 9.17) is 11.6 Å². The number of aromatic amines is 1. The first-order valence-electron chi connectivity index (χ1n) is 10.1. The van der Waals surface area contributed by atoms with E-state index in [1.54, 1.807) is 49.4 Å². The summed E-state index contributed by atoms with van der Waals surface area (Å²) < 4.78 is 28.9. The maximum atomic E-state index is 13.3. The lowest BCUT2D eigenvalue weighted by Gasteiger charge is -2.19. The van der Waals surface area contributed by atoms with Crippen LogP contribution in [0.4, 0.5) is 0 Å². The summed E-state index contributed by atoms with van der Waals surface area (Å²) in [6.07, 6.45) is 0. The van der Waals surface area contributed by atoms with Crippen LogP contribution in [0.5, 0.6) is 11.5 Å². The van der Waals surface area contributed by atoms with Crippen LogP contribution in [-0.2, 0) is 16.6 Å². The predicted octanol–water partition coefficient (Wildman–Crippen LogP) is 3.42. The van der Waals surface area contributed by atoms with E-state index in [0.29, 0.717) is 16.3 Å². The first-order chi connectivity index (χ1) is 16.1. The fourth-order valence-corrected chi connectivity index (χ4v) is 5.06. The van der Waals surface area contributed by atoms with Gasteiger partial charge in [0.25, 0.3) is 0 Å². The van der Waals surface area contributed by atoms with Crippen LogP contribution >= 0.6 is 11.6 Å². The van der Waals surface area contributed by atoms with Gasteiger partial charge < -0.3 is 10.2 Å². The maximum Gasteiger partial charge on any atom is 0.348 e. The lowest BCUT2D eigenvalue weighted by molar-refractivity contribution is 0.430. The number of nitrogens with one attached hydrogen (secondary N) is 1. The van der Waals surface area contributed by atoms with E-state index in [9.17, 15) is 23.4 Å². The number of aromatic nitrogens is 3. The first-order valence-corrected chi connectivity index (χ1v) is 11.9. The summed E-state index contributed by atoms with van der Waals surface area (Å²) in [6, 6.07) is 15.8. The van der Waals surface area contributed by atoms with E-state index in [2.05, 4.69) is 10.2 Å². The number of halogens is 1. The number of nitrogens with zero attached hydrogens (tertiary/aromatic N) is 3. The van der Waals surface area contributed by atoms with Gasteiger partial charge in [-0.1, -0.05) is 41.9 Å². The van der Waals surface area contributed by atoms with Gasteiger partial charge in [-0.15, -0.1) is 0 Å². The van der Waals surface area contributed by atoms with Crippen molar-refractivity contribution in [3.8, 4) is 28.6 Å². The summed E-state index contributed by atoms with van der Waals surface area (Å²) in [4.78, 5) is 12.1. The van der Waals surface area contributed by atoms with Crippen molar-refractivity contribution in [2.45, 2.75) is 18.4 Å². The number of hydrogen-bond acceptors (Lipinski definition) is 6. The molecule has 0 bridgehead atoms. The summed E-state index contributed by atoms with van der Waals surface area (Å²) in [6.45, 7) is 1.80. The van der Waals surface area contributed by atoms with Crippen molar-refractivity contribution < 1.29 is 18.6 Å². The van der Waals surface area contributed by atoms with Gasteiger partial charge >= 0.3 is 5.69 Å². The molecule has 0 radical (unpaired) electrons. The SMILES string of the molecule is Cc1ccccc1-n1c(-c2cc(S(=O)(=O)N(C)Cc3cccc(Cl)c3)c(O)cc2O)n[nH]c1=O. The normalized spacial score (nSPS) is 11.8. The fourth-order valence-electron chi connectivity index (χ4n) is 3.60. The third-order valence-electron chi connectivity index (χ3n) is 5.33. The van der Waals surface area contributed by atoms with Crippen LogP contribution in [0.1, 0.15) is 11.1 Å². The van der Waals surface area contributed by atoms with E-state index in [-0.39, 0.29) is 17.9 Å². The average Bonchev–Trinajstić information content (AvgIpc) is 3.15. The highest BCUT2D eigenvalue weighted by Crippen LogP contribution is 2.37. The van der Waals surface area contributed by atoms with E-state index in [1.807, 2.05) is 6.07 Å². The highest BCUT2D eigenvalue weighted by molar-refractivity contribution is 7.89. The molecule has 34 heavy (non-hydrogen) atoms. The molecule has 0 aliphatic rings. The van der Waals surface area contributed by atoms with Crippen molar-refractivity contribution in [1.29, 1.82) is 0 Å². The van der Waals surface area contributed by atoms with Crippen LogP contribution in [0.3, 0.4) is 0 Å². The molecule has 0 fully saturated rings. The monoisotopic (exact) mass is 500 g/mol. The number of rotatable bonds is 6. The molecule has 176 valence electrons. The Labute approximate surface area is 200 Å². The van der Waals surface area contributed by atoms with Gasteiger partial charge in [0.05, 0.1) is 11.3 Å². The van der Waals surface area contributed by atoms with E-state index >= 15 is 0 Å². The quantitative estimate of drug-likeness (QED) is 0.372. The summed E-state index contributed by atoms with van der Waals surface area (Å²) in [5, 5.41) is 27.7. The van der Waals surface area contributed by atoms with E-state index in [0.717, 1.165) is 22.0 Å². The van der Waals surface area contributed by atoms with Gasteiger partial charge in [-0.3, -0.25) is 0 Å². The Morgan fingerprint density at radius 3 is 2.50 bits per heavy atom. The molecule has 0 atom stereocenters.